The maximum atomic E-state index is 11.5. The van der Waals surface area contributed by atoms with E-state index in [1.165, 1.54) is 51.4 Å². The van der Waals surface area contributed by atoms with Gasteiger partial charge in [-0.05, 0) is 24.7 Å². The summed E-state index contributed by atoms with van der Waals surface area (Å²) in [5.41, 5.74) is 5.48. The highest BCUT2D eigenvalue weighted by molar-refractivity contribution is 5.71. The van der Waals surface area contributed by atoms with Gasteiger partial charge in [0.15, 0.2) is 0 Å². The molecule has 0 unspecified atom stereocenters. The van der Waals surface area contributed by atoms with Gasteiger partial charge < -0.3 is 10.6 Å². The Morgan fingerprint density at radius 1 is 0.727 bits per heavy atom. The van der Waals surface area contributed by atoms with E-state index in [9.17, 15) is 4.79 Å². The molecule has 0 aliphatic carbocycles. The van der Waals surface area contributed by atoms with Gasteiger partial charge in [-0.15, -0.1) is 0 Å². The molecule has 0 rings (SSSR count). The van der Waals surface area contributed by atoms with Crippen molar-refractivity contribution in [1.82, 2.24) is 4.90 Å². The number of hydrogen-bond acceptors (Lipinski definition) is 1. The van der Waals surface area contributed by atoms with Crippen molar-refractivity contribution in [2.24, 2.45) is 17.6 Å². The number of primary amides is 1. The van der Waals surface area contributed by atoms with E-state index in [1.54, 1.807) is 0 Å². The average molecular weight is 313 g/mol. The maximum absolute atomic E-state index is 11.5. The number of carbonyl (C=O) groups excluding carboxylic acids is 1. The van der Waals surface area contributed by atoms with Crippen molar-refractivity contribution < 1.29 is 4.79 Å². The third-order valence-electron chi connectivity index (χ3n) is 4.23. The second-order valence-electron chi connectivity index (χ2n) is 7.52. The first-order valence-corrected chi connectivity index (χ1v) is 9.47. The van der Waals surface area contributed by atoms with Crippen molar-refractivity contribution in [3.8, 4) is 0 Å². The quantitative estimate of drug-likeness (QED) is 0.418. The molecule has 0 spiro atoms. The molecular formula is C19H40N2O. The molecule has 2 amide bonds. The number of nitrogens with two attached hydrogens (primary N) is 1. The first-order valence-electron chi connectivity index (χ1n) is 9.47. The summed E-state index contributed by atoms with van der Waals surface area (Å²) in [6, 6.07) is -0.246. The van der Waals surface area contributed by atoms with Crippen molar-refractivity contribution >= 4 is 6.03 Å². The Morgan fingerprint density at radius 2 is 1.09 bits per heavy atom. The van der Waals surface area contributed by atoms with Crippen LogP contribution in [0.5, 0.6) is 0 Å². The zero-order valence-corrected chi connectivity index (χ0v) is 15.6. The van der Waals surface area contributed by atoms with E-state index in [-0.39, 0.29) is 6.03 Å². The Bertz CT molecular complexity index is 244. The van der Waals surface area contributed by atoms with Crippen LogP contribution in [0.25, 0.3) is 0 Å². The van der Waals surface area contributed by atoms with Gasteiger partial charge in [-0.1, -0.05) is 79.1 Å². The fourth-order valence-electron chi connectivity index (χ4n) is 2.75. The molecule has 3 nitrogen and oxygen atoms in total. The van der Waals surface area contributed by atoms with Gasteiger partial charge >= 0.3 is 6.03 Å². The van der Waals surface area contributed by atoms with Crippen LogP contribution in [-0.2, 0) is 0 Å². The fourth-order valence-corrected chi connectivity index (χ4v) is 2.75. The summed E-state index contributed by atoms with van der Waals surface area (Å²) in [7, 11) is 0. The lowest BCUT2D eigenvalue weighted by Crippen LogP contribution is -2.37. The Morgan fingerprint density at radius 3 is 1.41 bits per heavy atom. The van der Waals surface area contributed by atoms with Crippen LogP contribution in [0.15, 0.2) is 0 Å². The second kappa shape index (κ2) is 13.9. The number of nitrogens with zero attached hydrogens (tertiary/aromatic N) is 1. The summed E-state index contributed by atoms with van der Waals surface area (Å²) >= 11 is 0. The molecule has 0 aliphatic heterocycles. The molecule has 0 aromatic heterocycles. The predicted octanol–water partition coefficient (Wildman–Crippen LogP) is 5.58. The molecule has 0 aromatic carbocycles. The summed E-state index contributed by atoms with van der Waals surface area (Å²) in [4.78, 5) is 13.3. The first-order chi connectivity index (χ1) is 10.4. The topological polar surface area (TPSA) is 46.3 Å². The maximum Gasteiger partial charge on any atom is 0.314 e. The number of rotatable bonds is 14. The van der Waals surface area contributed by atoms with Gasteiger partial charge in [-0.3, -0.25) is 0 Å². The van der Waals surface area contributed by atoms with Crippen molar-refractivity contribution in [2.75, 3.05) is 13.1 Å². The van der Waals surface area contributed by atoms with Gasteiger partial charge in [0.25, 0.3) is 0 Å². The summed E-state index contributed by atoms with van der Waals surface area (Å²) in [6.45, 7) is 10.8. The fraction of sp³-hybridized carbons (Fsp3) is 0.947. The van der Waals surface area contributed by atoms with Crippen LogP contribution >= 0.6 is 0 Å². The van der Waals surface area contributed by atoms with Crippen molar-refractivity contribution in [3.05, 3.63) is 0 Å². The second-order valence-corrected chi connectivity index (χ2v) is 7.52. The molecule has 0 heterocycles. The van der Waals surface area contributed by atoms with E-state index in [2.05, 4.69) is 27.7 Å². The lowest BCUT2D eigenvalue weighted by molar-refractivity contribution is 0.204. The third kappa shape index (κ3) is 14.2. The SMILES string of the molecule is CC(C)CCCCCCN(CCCCCCC(C)C)C(N)=O. The molecule has 0 fully saturated rings. The molecule has 0 aromatic rings. The highest BCUT2D eigenvalue weighted by Gasteiger charge is 2.08. The summed E-state index contributed by atoms with van der Waals surface area (Å²) in [6.07, 6.45) is 12.4. The Balaban J connectivity index is 3.59. The largest absolute Gasteiger partial charge is 0.351 e. The number of amides is 2. The Kier molecular flexibility index (Phi) is 13.4. The molecular weight excluding hydrogens is 272 g/mol. The van der Waals surface area contributed by atoms with Gasteiger partial charge in [0, 0.05) is 13.1 Å². The van der Waals surface area contributed by atoms with Gasteiger partial charge in [0.2, 0.25) is 0 Å². The van der Waals surface area contributed by atoms with Crippen LogP contribution in [-0.4, -0.2) is 24.0 Å². The van der Waals surface area contributed by atoms with Crippen LogP contribution < -0.4 is 5.73 Å². The van der Waals surface area contributed by atoms with E-state index in [1.807, 2.05) is 4.90 Å². The average Bonchev–Trinajstić information content (AvgIpc) is 2.42. The lowest BCUT2D eigenvalue weighted by atomic mass is 10.0. The first kappa shape index (κ1) is 21.3. The minimum Gasteiger partial charge on any atom is -0.351 e. The van der Waals surface area contributed by atoms with E-state index in [4.69, 9.17) is 5.73 Å². The number of urea groups is 1. The smallest absolute Gasteiger partial charge is 0.314 e. The summed E-state index contributed by atoms with van der Waals surface area (Å²) < 4.78 is 0. The predicted molar refractivity (Wildman–Crippen MR) is 97.0 cm³/mol. The van der Waals surface area contributed by atoms with Crippen molar-refractivity contribution in [3.63, 3.8) is 0 Å². The van der Waals surface area contributed by atoms with Gasteiger partial charge in [0.05, 0.1) is 0 Å². The summed E-state index contributed by atoms with van der Waals surface area (Å²) in [5, 5.41) is 0. The normalized spacial score (nSPS) is 11.4. The van der Waals surface area contributed by atoms with Crippen molar-refractivity contribution in [2.45, 2.75) is 91.9 Å². The van der Waals surface area contributed by atoms with E-state index < -0.39 is 0 Å². The van der Waals surface area contributed by atoms with Crippen LogP contribution in [0.2, 0.25) is 0 Å². The van der Waals surface area contributed by atoms with E-state index in [0.717, 1.165) is 37.8 Å². The Hall–Kier alpha value is -0.730. The zero-order valence-electron chi connectivity index (χ0n) is 15.6. The van der Waals surface area contributed by atoms with E-state index in [0.29, 0.717) is 0 Å². The molecule has 0 bridgehead atoms. The minimum atomic E-state index is -0.246. The number of carbonyl (C=O) groups is 1. The lowest BCUT2D eigenvalue weighted by Gasteiger charge is -2.20. The zero-order chi connectivity index (χ0) is 16.8. The number of unbranched alkanes of at least 4 members (excludes halogenated alkanes) is 6. The molecule has 0 aliphatic rings. The third-order valence-corrected chi connectivity index (χ3v) is 4.23. The van der Waals surface area contributed by atoms with E-state index >= 15 is 0 Å². The van der Waals surface area contributed by atoms with Crippen LogP contribution in [0, 0.1) is 11.8 Å². The molecule has 2 N–H and O–H groups in total. The molecule has 0 radical (unpaired) electrons. The molecule has 0 saturated carbocycles. The van der Waals surface area contributed by atoms with Gasteiger partial charge in [-0.2, -0.15) is 0 Å². The van der Waals surface area contributed by atoms with Gasteiger partial charge in [-0.25, -0.2) is 4.79 Å². The summed E-state index contributed by atoms with van der Waals surface area (Å²) in [5.74, 6) is 1.61. The number of hydrogen-bond donors (Lipinski definition) is 1. The highest BCUT2D eigenvalue weighted by Crippen LogP contribution is 2.11. The minimum absolute atomic E-state index is 0.246. The molecule has 3 heteroatoms. The standard InChI is InChI=1S/C19H40N2O/c1-17(2)13-9-5-7-11-15-21(19(20)22)16-12-8-6-10-14-18(3)4/h17-18H,5-16H2,1-4H3,(H2,20,22). The van der Waals surface area contributed by atoms with Crippen LogP contribution in [0.4, 0.5) is 4.79 Å². The van der Waals surface area contributed by atoms with Gasteiger partial charge in [0.1, 0.15) is 0 Å². The molecule has 0 atom stereocenters. The van der Waals surface area contributed by atoms with Crippen LogP contribution in [0.1, 0.15) is 91.9 Å². The molecule has 132 valence electrons. The Labute approximate surface area is 139 Å². The highest BCUT2D eigenvalue weighted by atomic mass is 16.2. The molecule has 22 heavy (non-hydrogen) atoms. The molecule has 0 saturated heterocycles. The monoisotopic (exact) mass is 312 g/mol. The van der Waals surface area contributed by atoms with Crippen molar-refractivity contribution in [1.29, 1.82) is 0 Å². The van der Waals surface area contributed by atoms with Crippen LogP contribution in [0.3, 0.4) is 0 Å².